The molecular weight excluding hydrogens is 261 g/mol. The smallest absolute Gasteiger partial charge is 0.421 e. The number of aliphatic carboxylic acids is 1. The summed E-state index contributed by atoms with van der Waals surface area (Å²) < 4.78 is 39.1. The van der Waals surface area contributed by atoms with E-state index in [0.717, 1.165) is 6.20 Å². The second kappa shape index (κ2) is 4.20. The van der Waals surface area contributed by atoms with Crippen LogP contribution in [0.4, 0.5) is 13.2 Å². The molecule has 1 heterocycles. The monoisotopic (exact) mass is 270 g/mol. The molecule has 1 atom stereocenters. The van der Waals surface area contributed by atoms with Gasteiger partial charge in [0.1, 0.15) is 0 Å². The summed E-state index contributed by atoms with van der Waals surface area (Å²) >= 11 is 0. The second-order valence-corrected chi connectivity index (χ2v) is 4.02. The van der Waals surface area contributed by atoms with Crippen LogP contribution in [-0.4, -0.2) is 22.2 Å². The van der Waals surface area contributed by atoms with Gasteiger partial charge in [-0.15, -0.1) is 0 Å². The Hall–Kier alpha value is -2.15. The van der Waals surface area contributed by atoms with Crippen LogP contribution >= 0.6 is 0 Å². The molecule has 0 bridgehead atoms. The molecule has 4 nitrogen and oxygen atoms in total. The lowest BCUT2D eigenvalue weighted by molar-refractivity contribution is -0.204. The van der Waals surface area contributed by atoms with Crippen LogP contribution in [0, 0.1) is 0 Å². The fourth-order valence-corrected chi connectivity index (χ4v) is 1.82. The zero-order valence-electron chi connectivity index (χ0n) is 9.48. The molecule has 1 aromatic carbocycles. The van der Waals surface area contributed by atoms with Crippen molar-refractivity contribution in [3.05, 3.63) is 42.2 Å². The normalized spacial score (nSPS) is 15.2. The van der Waals surface area contributed by atoms with Crippen LogP contribution < -0.4 is 5.73 Å². The van der Waals surface area contributed by atoms with Gasteiger partial charge in [-0.3, -0.25) is 4.98 Å². The molecule has 2 rings (SSSR count). The number of carboxylic acids is 1. The van der Waals surface area contributed by atoms with E-state index >= 15 is 0 Å². The topological polar surface area (TPSA) is 76.2 Å². The first kappa shape index (κ1) is 13.3. The van der Waals surface area contributed by atoms with Gasteiger partial charge in [-0.1, -0.05) is 24.3 Å². The van der Waals surface area contributed by atoms with E-state index in [-0.39, 0.29) is 5.39 Å². The standard InChI is InChI=1S/C12H9F3N2O2/c13-12(14,15)11(16,10(18)19)9-6-17-5-7-3-1-2-4-8(7)9/h1-6H,16H2,(H,18,19). The number of aromatic nitrogens is 1. The minimum atomic E-state index is -5.13. The highest BCUT2D eigenvalue weighted by atomic mass is 19.4. The Morgan fingerprint density at radius 1 is 1.21 bits per heavy atom. The van der Waals surface area contributed by atoms with E-state index in [1.54, 1.807) is 6.07 Å². The van der Waals surface area contributed by atoms with E-state index in [4.69, 9.17) is 10.8 Å². The van der Waals surface area contributed by atoms with Crippen molar-refractivity contribution in [3.8, 4) is 0 Å². The number of carbonyl (C=O) groups is 1. The Labute approximate surface area is 105 Å². The van der Waals surface area contributed by atoms with Crippen molar-refractivity contribution in [1.29, 1.82) is 0 Å². The summed E-state index contributed by atoms with van der Waals surface area (Å²) in [5.74, 6) is -2.17. The van der Waals surface area contributed by atoms with Gasteiger partial charge in [0.15, 0.2) is 0 Å². The predicted molar refractivity (Wildman–Crippen MR) is 61.3 cm³/mol. The molecule has 0 amide bonds. The SMILES string of the molecule is NC(C(=O)O)(c1cncc2ccccc12)C(F)(F)F. The Morgan fingerprint density at radius 3 is 2.42 bits per heavy atom. The van der Waals surface area contributed by atoms with Crippen LogP contribution in [0.5, 0.6) is 0 Å². The summed E-state index contributed by atoms with van der Waals surface area (Å²) in [4.78, 5) is 14.7. The number of nitrogens with zero attached hydrogens (tertiary/aromatic N) is 1. The lowest BCUT2D eigenvalue weighted by Crippen LogP contribution is -2.56. The van der Waals surface area contributed by atoms with Gasteiger partial charge in [0.2, 0.25) is 5.54 Å². The number of carboxylic acid groups (broad SMARTS) is 1. The first-order chi connectivity index (χ1) is 8.78. The van der Waals surface area contributed by atoms with Crippen molar-refractivity contribution in [2.75, 3.05) is 0 Å². The second-order valence-electron chi connectivity index (χ2n) is 4.02. The molecule has 0 aliphatic carbocycles. The van der Waals surface area contributed by atoms with E-state index in [2.05, 4.69) is 4.98 Å². The highest BCUT2D eigenvalue weighted by Crippen LogP contribution is 2.39. The van der Waals surface area contributed by atoms with Crippen LogP contribution in [0.1, 0.15) is 5.56 Å². The van der Waals surface area contributed by atoms with Crippen molar-refractivity contribution in [2.24, 2.45) is 5.73 Å². The molecule has 7 heteroatoms. The fraction of sp³-hybridized carbons (Fsp3) is 0.167. The molecular formula is C12H9F3N2O2. The van der Waals surface area contributed by atoms with Crippen LogP contribution in [0.25, 0.3) is 10.8 Å². The van der Waals surface area contributed by atoms with E-state index < -0.39 is 23.2 Å². The summed E-state index contributed by atoms with van der Waals surface area (Å²) in [5.41, 5.74) is 1.08. The van der Waals surface area contributed by atoms with Gasteiger partial charge in [-0.25, -0.2) is 4.79 Å². The van der Waals surface area contributed by atoms with Crippen LogP contribution in [0.3, 0.4) is 0 Å². The molecule has 0 saturated heterocycles. The number of nitrogens with two attached hydrogens (primary N) is 1. The van der Waals surface area contributed by atoms with Crippen molar-refractivity contribution in [2.45, 2.75) is 11.7 Å². The van der Waals surface area contributed by atoms with E-state index in [0.29, 0.717) is 5.39 Å². The number of hydrogen-bond donors (Lipinski definition) is 2. The van der Waals surface area contributed by atoms with Gasteiger partial charge in [-0.2, -0.15) is 13.2 Å². The Bertz CT molecular complexity index is 637. The molecule has 0 radical (unpaired) electrons. The summed E-state index contributed by atoms with van der Waals surface area (Å²) in [6.45, 7) is 0. The maximum absolute atomic E-state index is 13.0. The zero-order chi connectivity index (χ0) is 14.3. The number of pyridine rings is 1. The van der Waals surface area contributed by atoms with Gasteiger partial charge in [0, 0.05) is 23.3 Å². The van der Waals surface area contributed by atoms with Crippen LogP contribution in [0.2, 0.25) is 0 Å². The third kappa shape index (κ3) is 1.91. The number of halogens is 3. The molecule has 19 heavy (non-hydrogen) atoms. The number of alkyl halides is 3. The zero-order valence-corrected chi connectivity index (χ0v) is 9.48. The number of fused-ring (bicyclic) bond motifs is 1. The van der Waals surface area contributed by atoms with Crippen molar-refractivity contribution < 1.29 is 23.1 Å². The summed E-state index contributed by atoms with van der Waals surface area (Å²) in [6, 6.07) is 6.03. The first-order valence-corrected chi connectivity index (χ1v) is 5.20. The number of benzene rings is 1. The molecule has 3 N–H and O–H groups in total. The molecule has 0 saturated carbocycles. The Balaban J connectivity index is 2.82. The van der Waals surface area contributed by atoms with Gasteiger partial charge in [0.05, 0.1) is 0 Å². The summed E-state index contributed by atoms with van der Waals surface area (Å²) in [7, 11) is 0. The average Bonchev–Trinajstić information content (AvgIpc) is 2.35. The number of hydrogen-bond acceptors (Lipinski definition) is 3. The lowest BCUT2D eigenvalue weighted by atomic mass is 9.88. The molecule has 2 aromatic rings. The average molecular weight is 270 g/mol. The quantitative estimate of drug-likeness (QED) is 0.875. The largest absolute Gasteiger partial charge is 0.479 e. The fourth-order valence-electron chi connectivity index (χ4n) is 1.82. The van der Waals surface area contributed by atoms with E-state index in [1.807, 2.05) is 0 Å². The Kier molecular flexibility index (Phi) is 2.94. The van der Waals surface area contributed by atoms with Crippen LogP contribution in [0.15, 0.2) is 36.7 Å². The van der Waals surface area contributed by atoms with Gasteiger partial charge in [-0.05, 0) is 5.39 Å². The van der Waals surface area contributed by atoms with E-state index in [1.165, 1.54) is 24.4 Å². The molecule has 0 spiro atoms. The lowest BCUT2D eigenvalue weighted by Gasteiger charge is -2.28. The maximum atomic E-state index is 13.0. The predicted octanol–water partition coefficient (Wildman–Crippen LogP) is 2.04. The van der Waals surface area contributed by atoms with Gasteiger partial charge in [0.25, 0.3) is 0 Å². The van der Waals surface area contributed by atoms with Gasteiger partial charge < -0.3 is 10.8 Å². The molecule has 1 aromatic heterocycles. The number of rotatable bonds is 2. The molecule has 1 unspecified atom stereocenters. The van der Waals surface area contributed by atoms with E-state index in [9.17, 15) is 18.0 Å². The summed E-state index contributed by atoms with van der Waals surface area (Å²) in [5, 5.41) is 9.41. The van der Waals surface area contributed by atoms with Crippen molar-refractivity contribution in [3.63, 3.8) is 0 Å². The molecule has 100 valence electrons. The molecule has 0 aliphatic heterocycles. The highest BCUT2D eigenvalue weighted by molar-refractivity contribution is 5.92. The van der Waals surface area contributed by atoms with Gasteiger partial charge >= 0.3 is 12.1 Å². The first-order valence-electron chi connectivity index (χ1n) is 5.20. The minimum Gasteiger partial charge on any atom is -0.479 e. The van der Waals surface area contributed by atoms with Crippen LogP contribution in [-0.2, 0) is 10.3 Å². The van der Waals surface area contributed by atoms with Crippen molar-refractivity contribution >= 4 is 16.7 Å². The molecule has 0 fully saturated rings. The third-order valence-corrected chi connectivity index (χ3v) is 2.88. The summed E-state index contributed by atoms with van der Waals surface area (Å²) in [6.07, 6.45) is -2.95. The third-order valence-electron chi connectivity index (χ3n) is 2.88. The van der Waals surface area contributed by atoms with Crippen molar-refractivity contribution in [1.82, 2.24) is 4.98 Å². The molecule has 0 aliphatic rings. The maximum Gasteiger partial charge on any atom is 0.421 e. The highest BCUT2D eigenvalue weighted by Gasteiger charge is 2.60. The minimum absolute atomic E-state index is 0.111. The Morgan fingerprint density at radius 2 is 1.84 bits per heavy atom.